The number of ether oxygens (including phenoxy) is 1. The summed E-state index contributed by atoms with van der Waals surface area (Å²) in [6.07, 6.45) is 1.95. The summed E-state index contributed by atoms with van der Waals surface area (Å²) >= 11 is 0. The predicted octanol–water partition coefficient (Wildman–Crippen LogP) is 0.878. The van der Waals surface area contributed by atoms with Gasteiger partial charge in [-0.3, -0.25) is 14.4 Å². The first-order valence-electron chi connectivity index (χ1n) is 4.77. The first-order chi connectivity index (χ1) is 6.65. The number of esters is 1. The normalized spacial score (nSPS) is 23.9. The Morgan fingerprint density at radius 3 is 2.64 bits per heavy atom. The van der Waals surface area contributed by atoms with Crippen molar-refractivity contribution >= 4 is 17.5 Å². The Bertz CT molecular complexity index is 257. The maximum absolute atomic E-state index is 11.5. The van der Waals surface area contributed by atoms with Crippen molar-refractivity contribution in [2.45, 2.75) is 32.1 Å². The smallest absolute Gasteiger partial charge is 0.316 e. The summed E-state index contributed by atoms with van der Waals surface area (Å²) in [6, 6.07) is 0. The van der Waals surface area contributed by atoms with Crippen LogP contribution in [-0.4, -0.2) is 24.6 Å². The molecule has 0 radical (unpaired) electrons. The van der Waals surface area contributed by atoms with E-state index in [9.17, 15) is 14.4 Å². The average Bonchev–Trinajstić information content (AvgIpc) is 2.15. The van der Waals surface area contributed by atoms with Crippen LogP contribution in [0.4, 0.5) is 0 Å². The summed E-state index contributed by atoms with van der Waals surface area (Å²) < 4.78 is 4.52. The van der Waals surface area contributed by atoms with E-state index in [0.717, 1.165) is 0 Å². The van der Waals surface area contributed by atoms with Gasteiger partial charge in [-0.1, -0.05) is 0 Å². The van der Waals surface area contributed by atoms with Gasteiger partial charge < -0.3 is 4.74 Å². The lowest BCUT2D eigenvalue weighted by molar-refractivity contribution is -0.150. The number of rotatable bonds is 1. The Morgan fingerprint density at radius 1 is 1.29 bits per heavy atom. The number of carbonyl (C=O) groups excluding carboxylic acids is 3. The van der Waals surface area contributed by atoms with Crippen LogP contribution in [0.15, 0.2) is 0 Å². The fraction of sp³-hybridized carbons (Fsp3) is 0.700. The van der Waals surface area contributed by atoms with Gasteiger partial charge in [-0.25, -0.2) is 0 Å². The zero-order valence-corrected chi connectivity index (χ0v) is 8.25. The minimum Gasteiger partial charge on any atom is -0.468 e. The van der Waals surface area contributed by atoms with Gasteiger partial charge in [0, 0.05) is 19.3 Å². The van der Waals surface area contributed by atoms with Crippen molar-refractivity contribution in [1.82, 2.24) is 0 Å². The Morgan fingerprint density at radius 2 is 2.00 bits per heavy atom. The van der Waals surface area contributed by atoms with E-state index < -0.39 is 11.9 Å². The van der Waals surface area contributed by atoms with Gasteiger partial charge in [0.1, 0.15) is 17.5 Å². The van der Waals surface area contributed by atoms with Crippen LogP contribution in [0.3, 0.4) is 0 Å². The maximum atomic E-state index is 11.5. The van der Waals surface area contributed by atoms with E-state index in [1.807, 2.05) is 0 Å². The van der Waals surface area contributed by atoms with E-state index in [2.05, 4.69) is 4.74 Å². The Labute approximate surface area is 82.6 Å². The van der Waals surface area contributed by atoms with Crippen molar-refractivity contribution in [3.63, 3.8) is 0 Å². The lowest BCUT2D eigenvalue weighted by Crippen LogP contribution is -2.27. The molecule has 78 valence electrons. The predicted molar refractivity (Wildman–Crippen MR) is 48.6 cm³/mol. The Balaban J connectivity index is 2.65. The molecule has 1 saturated carbocycles. The van der Waals surface area contributed by atoms with Crippen molar-refractivity contribution in [1.29, 1.82) is 0 Å². The second-order valence-corrected chi connectivity index (χ2v) is 3.47. The summed E-state index contributed by atoms with van der Waals surface area (Å²) in [5, 5.41) is 0. The van der Waals surface area contributed by atoms with Crippen LogP contribution in [0.25, 0.3) is 0 Å². The molecule has 0 aromatic heterocycles. The molecule has 1 fully saturated rings. The summed E-state index contributed by atoms with van der Waals surface area (Å²) in [7, 11) is 1.26. The van der Waals surface area contributed by atoms with Crippen molar-refractivity contribution in [3.05, 3.63) is 0 Å². The third-order valence-electron chi connectivity index (χ3n) is 2.47. The molecule has 1 aliphatic carbocycles. The topological polar surface area (TPSA) is 60.4 Å². The van der Waals surface area contributed by atoms with E-state index in [1.54, 1.807) is 0 Å². The number of methoxy groups -OCH3 is 1. The largest absolute Gasteiger partial charge is 0.468 e. The van der Waals surface area contributed by atoms with Gasteiger partial charge in [-0.2, -0.15) is 0 Å². The van der Waals surface area contributed by atoms with Gasteiger partial charge in [0.15, 0.2) is 0 Å². The molecule has 4 heteroatoms. The van der Waals surface area contributed by atoms with E-state index >= 15 is 0 Å². The number of ketones is 2. The minimum absolute atomic E-state index is 0.0932. The molecule has 1 aliphatic rings. The second-order valence-electron chi connectivity index (χ2n) is 3.47. The SMILES string of the molecule is COC(=O)C1CCC(=O)CCCC1=O. The highest BCUT2D eigenvalue weighted by atomic mass is 16.5. The number of carbonyl (C=O) groups is 3. The van der Waals surface area contributed by atoms with Crippen LogP contribution in [0.5, 0.6) is 0 Å². The molecule has 0 saturated heterocycles. The van der Waals surface area contributed by atoms with Crippen molar-refractivity contribution in [2.24, 2.45) is 5.92 Å². The molecule has 0 heterocycles. The summed E-state index contributed by atoms with van der Waals surface area (Å²) in [5.74, 6) is -1.19. The maximum Gasteiger partial charge on any atom is 0.316 e. The molecule has 14 heavy (non-hydrogen) atoms. The average molecular weight is 198 g/mol. The first-order valence-corrected chi connectivity index (χ1v) is 4.77. The van der Waals surface area contributed by atoms with E-state index in [1.165, 1.54) is 7.11 Å². The van der Waals surface area contributed by atoms with Crippen LogP contribution in [0.2, 0.25) is 0 Å². The molecule has 0 spiro atoms. The van der Waals surface area contributed by atoms with E-state index in [4.69, 9.17) is 0 Å². The lowest BCUT2D eigenvalue weighted by Gasteiger charge is -2.15. The zero-order valence-electron chi connectivity index (χ0n) is 8.25. The molecule has 0 amide bonds. The highest BCUT2D eigenvalue weighted by Crippen LogP contribution is 2.18. The van der Waals surface area contributed by atoms with Gasteiger partial charge in [0.25, 0.3) is 0 Å². The fourth-order valence-corrected chi connectivity index (χ4v) is 1.62. The highest BCUT2D eigenvalue weighted by molar-refractivity contribution is 5.99. The second kappa shape index (κ2) is 4.88. The van der Waals surface area contributed by atoms with Gasteiger partial charge in [-0.05, 0) is 12.8 Å². The number of hydrogen-bond acceptors (Lipinski definition) is 4. The number of hydrogen-bond donors (Lipinski definition) is 0. The molecule has 1 atom stereocenters. The van der Waals surface area contributed by atoms with Gasteiger partial charge in [-0.15, -0.1) is 0 Å². The van der Waals surface area contributed by atoms with Gasteiger partial charge in [0.05, 0.1) is 7.11 Å². The fourth-order valence-electron chi connectivity index (χ4n) is 1.62. The molecule has 4 nitrogen and oxygen atoms in total. The molecule has 0 aromatic carbocycles. The van der Waals surface area contributed by atoms with Crippen molar-refractivity contribution in [2.75, 3.05) is 7.11 Å². The van der Waals surface area contributed by atoms with Crippen LogP contribution < -0.4 is 0 Å². The Hall–Kier alpha value is -1.19. The molecule has 1 rings (SSSR count). The van der Waals surface area contributed by atoms with Crippen LogP contribution in [0.1, 0.15) is 32.1 Å². The van der Waals surface area contributed by atoms with Crippen LogP contribution in [-0.2, 0) is 19.1 Å². The third-order valence-corrected chi connectivity index (χ3v) is 2.47. The first kappa shape index (κ1) is 10.9. The minimum atomic E-state index is -0.718. The standard InChI is InChI=1S/C10H14O4/c1-14-10(13)8-6-5-7(11)3-2-4-9(8)12/h8H,2-6H2,1H3. The summed E-state index contributed by atoms with van der Waals surface area (Å²) in [5.41, 5.74) is 0. The Kier molecular flexibility index (Phi) is 3.80. The molecular weight excluding hydrogens is 184 g/mol. The van der Waals surface area contributed by atoms with E-state index in [0.29, 0.717) is 32.1 Å². The monoisotopic (exact) mass is 198 g/mol. The highest BCUT2D eigenvalue weighted by Gasteiger charge is 2.29. The van der Waals surface area contributed by atoms with Crippen LogP contribution in [0, 0.1) is 5.92 Å². The quantitative estimate of drug-likeness (QED) is 0.463. The van der Waals surface area contributed by atoms with Crippen molar-refractivity contribution in [3.8, 4) is 0 Å². The lowest BCUT2D eigenvalue weighted by atomic mass is 9.89. The van der Waals surface area contributed by atoms with Crippen molar-refractivity contribution < 1.29 is 19.1 Å². The van der Waals surface area contributed by atoms with Gasteiger partial charge >= 0.3 is 5.97 Å². The molecule has 1 unspecified atom stereocenters. The molecular formula is C10H14O4. The third kappa shape index (κ3) is 2.65. The van der Waals surface area contributed by atoms with Crippen LogP contribution >= 0.6 is 0 Å². The summed E-state index contributed by atoms with van der Waals surface area (Å²) in [4.78, 5) is 33.8. The van der Waals surface area contributed by atoms with E-state index in [-0.39, 0.29) is 11.6 Å². The molecule has 0 bridgehead atoms. The zero-order chi connectivity index (χ0) is 10.6. The number of Topliss-reactive ketones (excluding diaryl/α,β-unsaturated/α-hetero) is 2. The molecule has 0 aromatic rings. The molecule has 0 N–H and O–H groups in total. The van der Waals surface area contributed by atoms with Gasteiger partial charge in [0.2, 0.25) is 0 Å². The molecule has 0 aliphatic heterocycles. The summed E-state index contributed by atoms with van der Waals surface area (Å²) in [6.45, 7) is 0.